The van der Waals surface area contributed by atoms with E-state index in [-0.39, 0.29) is 22.8 Å². The number of amides is 1. The average molecular weight is 326 g/mol. The standard InChI is InChI=1S/C14H18N2O5S/c1-2-8-15(11-7-9-22(20,21)10-11)14(17)12-5-3-4-6-13(12)16(18)19/h3-6,11H,2,7-10H2,1H3/t11-/m0/s1. The molecule has 8 heteroatoms. The lowest BCUT2D eigenvalue weighted by atomic mass is 10.1. The van der Waals surface area contributed by atoms with Crippen molar-refractivity contribution >= 4 is 21.4 Å². The third kappa shape index (κ3) is 3.44. The summed E-state index contributed by atoms with van der Waals surface area (Å²) in [4.78, 5) is 24.6. The van der Waals surface area contributed by atoms with Crippen LogP contribution in [0, 0.1) is 10.1 Å². The topological polar surface area (TPSA) is 97.6 Å². The number of benzene rings is 1. The summed E-state index contributed by atoms with van der Waals surface area (Å²) in [6, 6.07) is 5.35. The Kier molecular flexibility index (Phi) is 4.80. The fourth-order valence-corrected chi connectivity index (χ4v) is 4.41. The molecule has 1 aromatic rings. The van der Waals surface area contributed by atoms with Crippen molar-refractivity contribution in [2.24, 2.45) is 0 Å². The summed E-state index contributed by atoms with van der Waals surface area (Å²) in [5.74, 6) is -0.488. The zero-order valence-corrected chi connectivity index (χ0v) is 13.1. The van der Waals surface area contributed by atoms with Crippen molar-refractivity contribution in [3.8, 4) is 0 Å². The number of nitrogens with zero attached hydrogens (tertiary/aromatic N) is 2. The first kappa shape index (κ1) is 16.4. The maximum Gasteiger partial charge on any atom is 0.282 e. The molecule has 22 heavy (non-hydrogen) atoms. The largest absolute Gasteiger partial charge is 0.334 e. The second-order valence-electron chi connectivity index (χ2n) is 5.33. The predicted octanol–water partition coefficient (Wildman–Crippen LogP) is 1.63. The molecule has 0 saturated carbocycles. The van der Waals surface area contributed by atoms with E-state index in [4.69, 9.17) is 0 Å². The molecule has 2 rings (SSSR count). The van der Waals surface area contributed by atoms with Gasteiger partial charge in [0.2, 0.25) is 0 Å². The summed E-state index contributed by atoms with van der Waals surface area (Å²) >= 11 is 0. The molecule has 120 valence electrons. The summed E-state index contributed by atoms with van der Waals surface area (Å²) in [5, 5.41) is 11.1. The van der Waals surface area contributed by atoms with Crippen molar-refractivity contribution in [1.29, 1.82) is 0 Å². The Morgan fingerprint density at radius 1 is 1.41 bits per heavy atom. The molecule has 1 aromatic carbocycles. The van der Waals surface area contributed by atoms with Crippen molar-refractivity contribution in [1.82, 2.24) is 4.90 Å². The van der Waals surface area contributed by atoms with Crippen molar-refractivity contribution < 1.29 is 18.1 Å². The van der Waals surface area contributed by atoms with Gasteiger partial charge in [0.05, 0.1) is 16.4 Å². The molecule has 0 unspecified atom stereocenters. The number of sulfone groups is 1. The van der Waals surface area contributed by atoms with Crippen molar-refractivity contribution in [3.63, 3.8) is 0 Å². The van der Waals surface area contributed by atoms with Gasteiger partial charge in [0.15, 0.2) is 9.84 Å². The van der Waals surface area contributed by atoms with Crippen LogP contribution in [0.1, 0.15) is 30.1 Å². The molecule has 0 aliphatic carbocycles. The SMILES string of the molecule is CCCN(C(=O)c1ccccc1[N+](=O)[O-])[C@H]1CCS(=O)(=O)C1. The highest BCUT2D eigenvalue weighted by atomic mass is 32.2. The molecule has 1 aliphatic heterocycles. The third-order valence-electron chi connectivity index (χ3n) is 3.71. The molecular weight excluding hydrogens is 308 g/mol. The molecule has 1 aliphatic rings. The van der Waals surface area contributed by atoms with Crippen molar-refractivity contribution in [2.75, 3.05) is 18.1 Å². The quantitative estimate of drug-likeness (QED) is 0.605. The summed E-state index contributed by atoms with van der Waals surface area (Å²) in [7, 11) is -3.13. The smallest absolute Gasteiger partial charge is 0.282 e. The first-order valence-corrected chi connectivity index (χ1v) is 8.92. The van der Waals surface area contributed by atoms with E-state index in [0.717, 1.165) is 0 Å². The highest BCUT2D eigenvalue weighted by molar-refractivity contribution is 7.91. The maximum atomic E-state index is 12.7. The number of hydrogen-bond donors (Lipinski definition) is 0. The third-order valence-corrected chi connectivity index (χ3v) is 5.46. The monoisotopic (exact) mass is 326 g/mol. The summed E-state index contributed by atoms with van der Waals surface area (Å²) in [6.07, 6.45) is 1.04. The molecule has 0 aromatic heterocycles. The number of para-hydroxylation sites is 1. The molecule has 1 heterocycles. The number of rotatable bonds is 5. The Morgan fingerprint density at radius 3 is 2.64 bits per heavy atom. The van der Waals surface area contributed by atoms with E-state index in [9.17, 15) is 23.3 Å². The second-order valence-corrected chi connectivity index (χ2v) is 7.56. The molecule has 0 spiro atoms. The molecule has 7 nitrogen and oxygen atoms in total. The van der Waals surface area contributed by atoms with Crippen LogP contribution in [-0.4, -0.2) is 48.2 Å². The van der Waals surface area contributed by atoms with Gasteiger partial charge in [-0.25, -0.2) is 8.42 Å². The van der Waals surface area contributed by atoms with Crippen LogP contribution in [0.15, 0.2) is 24.3 Å². The van der Waals surface area contributed by atoms with Gasteiger partial charge in [-0.05, 0) is 18.9 Å². The maximum absolute atomic E-state index is 12.7. The van der Waals surface area contributed by atoms with E-state index in [1.807, 2.05) is 6.92 Å². The van der Waals surface area contributed by atoms with Gasteiger partial charge in [-0.1, -0.05) is 19.1 Å². The summed E-state index contributed by atoms with van der Waals surface area (Å²) < 4.78 is 23.3. The number of nitro groups is 1. The Labute approximate surface area is 129 Å². The molecule has 0 bridgehead atoms. The lowest BCUT2D eigenvalue weighted by Crippen LogP contribution is -2.41. The lowest BCUT2D eigenvalue weighted by molar-refractivity contribution is -0.385. The van der Waals surface area contributed by atoms with E-state index < -0.39 is 26.7 Å². The molecule has 0 radical (unpaired) electrons. The molecular formula is C14H18N2O5S. The predicted molar refractivity (Wildman–Crippen MR) is 81.5 cm³/mol. The normalized spacial score (nSPS) is 19.8. The second kappa shape index (κ2) is 6.43. The minimum atomic E-state index is -3.13. The number of carbonyl (C=O) groups is 1. The number of hydrogen-bond acceptors (Lipinski definition) is 5. The number of nitro benzene ring substituents is 1. The van der Waals surface area contributed by atoms with Gasteiger partial charge < -0.3 is 4.90 Å². The summed E-state index contributed by atoms with van der Waals surface area (Å²) in [6.45, 7) is 2.26. The van der Waals surface area contributed by atoms with E-state index in [1.165, 1.54) is 23.1 Å². The van der Waals surface area contributed by atoms with Crippen LogP contribution in [0.25, 0.3) is 0 Å². The minimum Gasteiger partial charge on any atom is -0.334 e. The Balaban J connectivity index is 2.33. The zero-order chi connectivity index (χ0) is 16.3. The zero-order valence-electron chi connectivity index (χ0n) is 12.3. The van der Waals surface area contributed by atoms with Crippen LogP contribution >= 0.6 is 0 Å². The Hall–Kier alpha value is -1.96. The van der Waals surface area contributed by atoms with Crippen LogP contribution in [-0.2, 0) is 9.84 Å². The fourth-order valence-electron chi connectivity index (χ4n) is 2.68. The van der Waals surface area contributed by atoms with E-state index >= 15 is 0 Å². The van der Waals surface area contributed by atoms with Crippen LogP contribution in [0.5, 0.6) is 0 Å². The van der Waals surface area contributed by atoms with Gasteiger partial charge in [0.25, 0.3) is 11.6 Å². The summed E-state index contributed by atoms with van der Waals surface area (Å²) in [5.41, 5.74) is -0.250. The van der Waals surface area contributed by atoms with Crippen LogP contribution in [0.2, 0.25) is 0 Å². The molecule has 0 N–H and O–H groups in total. The first-order chi connectivity index (χ1) is 10.4. The van der Waals surface area contributed by atoms with Crippen molar-refractivity contribution in [3.05, 3.63) is 39.9 Å². The molecule has 1 atom stereocenters. The first-order valence-electron chi connectivity index (χ1n) is 7.10. The minimum absolute atomic E-state index is 0.00486. The average Bonchev–Trinajstić information content (AvgIpc) is 2.84. The Morgan fingerprint density at radius 2 is 2.09 bits per heavy atom. The lowest BCUT2D eigenvalue weighted by Gasteiger charge is -2.27. The van der Waals surface area contributed by atoms with E-state index in [0.29, 0.717) is 19.4 Å². The van der Waals surface area contributed by atoms with E-state index in [2.05, 4.69) is 0 Å². The molecule has 1 fully saturated rings. The van der Waals surface area contributed by atoms with E-state index in [1.54, 1.807) is 6.07 Å². The van der Waals surface area contributed by atoms with Gasteiger partial charge in [0, 0.05) is 18.7 Å². The van der Waals surface area contributed by atoms with Crippen LogP contribution in [0.3, 0.4) is 0 Å². The van der Waals surface area contributed by atoms with Crippen LogP contribution in [0.4, 0.5) is 5.69 Å². The fraction of sp³-hybridized carbons (Fsp3) is 0.500. The highest BCUT2D eigenvalue weighted by Crippen LogP contribution is 2.24. The van der Waals surface area contributed by atoms with Crippen molar-refractivity contribution in [2.45, 2.75) is 25.8 Å². The van der Waals surface area contributed by atoms with Crippen LogP contribution < -0.4 is 0 Å². The molecule has 1 saturated heterocycles. The molecule has 1 amide bonds. The van der Waals surface area contributed by atoms with Gasteiger partial charge in [0.1, 0.15) is 5.56 Å². The highest BCUT2D eigenvalue weighted by Gasteiger charge is 2.36. The van der Waals surface area contributed by atoms with Gasteiger partial charge in [-0.15, -0.1) is 0 Å². The van der Waals surface area contributed by atoms with Gasteiger partial charge in [-0.3, -0.25) is 14.9 Å². The Bertz CT molecular complexity index is 686. The van der Waals surface area contributed by atoms with Gasteiger partial charge in [-0.2, -0.15) is 0 Å². The van der Waals surface area contributed by atoms with Gasteiger partial charge >= 0.3 is 0 Å². The number of carbonyl (C=O) groups excluding carboxylic acids is 1.